The van der Waals surface area contributed by atoms with Crippen LogP contribution in [0.4, 0.5) is 0 Å². The molecule has 3 rings (SSSR count). The van der Waals surface area contributed by atoms with E-state index in [2.05, 4.69) is 54.3 Å². The summed E-state index contributed by atoms with van der Waals surface area (Å²) in [6.45, 7) is 3.47. The number of nitrogens with one attached hydrogen (secondary N) is 1. The number of rotatable bonds is 1. The van der Waals surface area contributed by atoms with E-state index in [4.69, 9.17) is 0 Å². The highest BCUT2D eigenvalue weighted by Gasteiger charge is 2.18. The molecular formula is C14H17NS2. The van der Waals surface area contributed by atoms with Crippen molar-refractivity contribution >= 4 is 33.2 Å². The summed E-state index contributed by atoms with van der Waals surface area (Å²) in [5.74, 6) is 3.28. The van der Waals surface area contributed by atoms with Gasteiger partial charge in [-0.3, -0.25) is 0 Å². The van der Waals surface area contributed by atoms with Crippen molar-refractivity contribution in [3.63, 3.8) is 0 Å². The van der Waals surface area contributed by atoms with Crippen LogP contribution in [-0.4, -0.2) is 18.1 Å². The summed E-state index contributed by atoms with van der Waals surface area (Å²) < 4.78 is 1.41. The zero-order chi connectivity index (χ0) is 11.7. The Bertz CT molecular complexity index is 473. The van der Waals surface area contributed by atoms with Gasteiger partial charge in [0, 0.05) is 15.3 Å². The largest absolute Gasteiger partial charge is 0.308 e. The quantitative estimate of drug-likeness (QED) is 0.837. The molecule has 1 aliphatic heterocycles. The zero-order valence-corrected chi connectivity index (χ0v) is 11.6. The molecule has 3 heteroatoms. The molecule has 1 aliphatic rings. The molecule has 1 fully saturated rings. The molecule has 0 saturated carbocycles. The van der Waals surface area contributed by atoms with Gasteiger partial charge in [-0.1, -0.05) is 25.1 Å². The smallest absolute Gasteiger partial charge is 0.0507 e. The molecule has 2 unspecified atom stereocenters. The lowest BCUT2D eigenvalue weighted by atomic mass is 10.2. The molecule has 0 aliphatic carbocycles. The van der Waals surface area contributed by atoms with Crippen LogP contribution in [0.25, 0.3) is 10.1 Å². The number of thiophene rings is 1. The summed E-state index contributed by atoms with van der Waals surface area (Å²) >= 11 is 4.02. The van der Waals surface area contributed by atoms with E-state index in [9.17, 15) is 0 Å². The van der Waals surface area contributed by atoms with E-state index < -0.39 is 0 Å². The highest BCUT2D eigenvalue weighted by atomic mass is 32.2. The third kappa shape index (κ3) is 2.51. The van der Waals surface area contributed by atoms with Crippen molar-refractivity contribution in [3.05, 3.63) is 35.2 Å². The van der Waals surface area contributed by atoms with Crippen LogP contribution in [0.1, 0.15) is 17.8 Å². The van der Waals surface area contributed by atoms with Gasteiger partial charge in [-0.15, -0.1) is 11.3 Å². The summed E-state index contributed by atoms with van der Waals surface area (Å²) in [4.78, 5) is 1.49. The van der Waals surface area contributed by atoms with E-state index in [1.54, 1.807) is 0 Å². The van der Waals surface area contributed by atoms with Gasteiger partial charge in [-0.25, -0.2) is 0 Å². The van der Waals surface area contributed by atoms with Gasteiger partial charge in [0.25, 0.3) is 0 Å². The van der Waals surface area contributed by atoms with E-state index in [0.29, 0.717) is 6.04 Å². The van der Waals surface area contributed by atoms with Crippen LogP contribution in [0.3, 0.4) is 0 Å². The maximum Gasteiger partial charge on any atom is 0.0507 e. The average molecular weight is 263 g/mol. The van der Waals surface area contributed by atoms with Crippen molar-refractivity contribution in [1.29, 1.82) is 0 Å². The van der Waals surface area contributed by atoms with Crippen LogP contribution >= 0.6 is 23.1 Å². The number of hydrogen-bond donors (Lipinski definition) is 1. The highest BCUT2D eigenvalue weighted by Crippen LogP contribution is 2.32. The minimum atomic E-state index is 0.544. The maximum absolute atomic E-state index is 3.70. The van der Waals surface area contributed by atoms with Crippen LogP contribution in [0.2, 0.25) is 0 Å². The second kappa shape index (κ2) is 5.01. The van der Waals surface area contributed by atoms with Crippen molar-refractivity contribution in [2.45, 2.75) is 13.0 Å². The lowest BCUT2D eigenvalue weighted by Gasteiger charge is -2.13. The van der Waals surface area contributed by atoms with Gasteiger partial charge in [-0.05, 0) is 35.7 Å². The molecule has 90 valence electrons. The van der Waals surface area contributed by atoms with Gasteiger partial charge in [0.05, 0.1) is 6.04 Å². The Morgan fingerprint density at radius 2 is 2.12 bits per heavy atom. The van der Waals surface area contributed by atoms with Gasteiger partial charge in [-0.2, -0.15) is 11.8 Å². The van der Waals surface area contributed by atoms with Gasteiger partial charge in [0.2, 0.25) is 0 Å². The normalized spacial score (nSPS) is 25.9. The lowest BCUT2D eigenvalue weighted by molar-refractivity contribution is 0.522. The monoisotopic (exact) mass is 263 g/mol. The Hall–Kier alpha value is -0.510. The maximum atomic E-state index is 3.70. The molecule has 0 spiro atoms. The van der Waals surface area contributed by atoms with E-state index in [1.807, 2.05) is 11.3 Å². The summed E-state index contributed by atoms with van der Waals surface area (Å²) in [6, 6.07) is 11.6. The molecule has 1 aromatic carbocycles. The number of fused-ring (bicyclic) bond motifs is 1. The first-order chi connectivity index (χ1) is 8.33. The van der Waals surface area contributed by atoms with E-state index in [1.165, 1.54) is 26.5 Å². The summed E-state index contributed by atoms with van der Waals surface area (Å²) in [6.07, 6.45) is 0. The predicted molar refractivity (Wildman–Crippen MR) is 79.1 cm³/mol. The minimum absolute atomic E-state index is 0.544. The fourth-order valence-corrected chi connectivity index (χ4v) is 4.64. The van der Waals surface area contributed by atoms with Crippen LogP contribution < -0.4 is 5.32 Å². The molecule has 2 aromatic rings. The van der Waals surface area contributed by atoms with Gasteiger partial charge < -0.3 is 5.32 Å². The fraction of sp³-hybridized carbons (Fsp3) is 0.429. The van der Waals surface area contributed by atoms with Crippen molar-refractivity contribution in [3.8, 4) is 0 Å². The predicted octanol–water partition coefficient (Wildman–Crippen LogP) is 3.91. The number of hydrogen-bond acceptors (Lipinski definition) is 3. The summed E-state index contributed by atoms with van der Waals surface area (Å²) in [5, 5.41) is 5.08. The lowest BCUT2D eigenvalue weighted by Crippen LogP contribution is -2.24. The van der Waals surface area contributed by atoms with Gasteiger partial charge >= 0.3 is 0 Å². The van der Waals surface area contributed by atoms with Crippen LogP contribution in [0.15, 0.2) is 30.3 Å². The Balaban J connectivity index is 1.87. The van der Waals surface area contributed by atoms with Gasteiger partial charge in [0.15, 0.2) is 0 Å². The SMILES string of the molecule is CC1CNC(c2cc3ccccc3s2)CSC1. The van der Waals surface area contributed by atoms with Crippen LogP contribution in [0, 0.1) is 5.92 Å². The fourth-order valence-electron chi connectivity index (χ4n) is 2.21. The number of benzene rings is 1. The van der Waals surface area contributed by atoms with Crippen molar-refractivity contribution < 1.29 is 0 Å². The second-order valence-corrected chi connectivity index (χ2v) is 6.98. The average Bonchev–Trinajstić information content (AvgIpc) is 2.65. The van der Waals surface area contributed by atoms with E-state index >= 15 is 0 Å². The Morgan fingerprint density at radius 3 is 3.00 bits per heavy atom. The van der Waals surface area contributed by atoms with Crippen LogP contribution in [-0.2, 0) is 0 Å². The molecule has 2 heterocycles. The molecule has 17 heavy (non-hydrogen) atoms. The first kappa shape index (κ1) is 11.6. The van der Waals surface area contributed by atoms with Crippen molar-refractivity contribution in [1.82, 2.24) is 5.32 Å². The first-order valence-corrected chi connectivity index (χ1v) is 8.09. The van der Waals surface area contributed by atoms with E-state index in [0.717, 1.165) is 12.5 Å². The van der Waals surface area contributed by atoms with E-state index in [-0.39, 0.29) is 0 Å². The zero-order valence-electron chi connectivity index (χ0n) is 9.98. The minimum Gasteiger partial charge on any atom is -0.308 e. The summed E-state index contributed by atoms with van der Waals surface area (Å²) in [7, 11) is 0. The number of thioether (sulfide) groups is 1. The Kier molecular flexibility index (Phi) is 3.41. The third-order valence-corrected chi connectivity index (χ3v) is 5.79. The molecule has 0 radical (unpaired) electrons. The molecular weight excluding hydrogens is 246 g/mol. The molecule has 1 saturated heterocycles. The molecule has 1 aromatic heterocycles. The molecule has 1 N–H and O–H groups in total. The molecule has 2 atom stereocenters. The molecule has 1 nitrogen and oxygen atoms in total. The van der Waals surface area contributed by atoms with Crippen LogP contribution in [0.5, 0.6) is 0 Å². The molecule has 0 amide bonds. The highest BCUT2D eigenvalue weighted by molar-refractivity contribution is 7.99. The summed E-state index contributed by atoms with van der Waals surface area (Å²) in [5.41, 5.74) is 0. The van der Waals surface area contributed by atoms with Crippen molar-refractivity contribution in [2.75, 3.05) is 18.1 Å². The second-order valence-electron chi connectivity index (χ2n) is 4.79. The third-order valence-electron chi connectivity index (χ3n) is 3.19. The topological polar surface area (TPSA) is 12.0 Å². The van der Waals surface area contributed by atoms with Gasteiger partial charge in [0.1, 0.15) is 0 Å². The Morgan fingerprint density at radius 1 is 1.24 bits per heavy atom. The van der Waals surface area contributed by atoms with Crippen molar-refractivity contribution in [2.24, 2.45) is 5.92 Å². The standard InChI is InChI=1S/C14H17NS2/c1-10-7-15-12(9-16-8-10)14-6-11-4-2-3-5-13(11)17-14/h2-6,10,12,15H,7-9H2,1H3. The molecule has 0 bridgehead atoms. The first-order valence-electron chi connectivity index (χ1n) is 6.12. The Labute approximate surface area is 111 Å².